The van der Waals surface area contributed by atoms with Gasteiger partial charge in [-0.25, -0.2) is 9.87 Å². The Morgan fingerprint density at radius 3 is 2.78 bits per heavy atom. The molecule has 2 fully saturated rings. The third kappa shape index (κ3) is 2.37. The number of fused-ring (bicyclic) bond motifs is 1. The summed E-state index contributed by atoms with van der Waals surface area (Å²) in [6, 6.07) is 3.56. The van der Waals surface area contributed by atoms with E-state index in [2.05, 4.69) is 4.90 Å². The topological polar surface area (TPSA) is 52.6 Å². The van der Waals surface area contributed by atoms with Gasteiger partial charge in [0.15, 0.2) is 0 Å². The van der Waals surface area contributed by atoms with Crippen LogP contribution in [-0.4, -0.2) is 28.6 Å². The number of nitrogens with one attached hydrogen (secondary N) is 1. The van der Waals surface area contributed by atoms with Gasteiger partial charge in [-0.1, -0.05) is 12.8 Å². The van der Waals surface area contributed by atoms with Gasteiger partial charge in [-0.05, 0) is 55.2 Å². The lowest BCUT2D eigenvalue weighted by Crippen LogP contribution is -2.49. The quantitative estimate of drug-likeness (QED) is 0.651. The van der Waals surface area contributed by atoms with Crippen molar-refractivity contribution in [2.75, 3.05) is 6.54 Å². The highest BCUT2D eigenvalue weighted by Gasteiger charge is 2.49. The molecule has 0 unspecified atom stereocenters. The van der Waals surface area contributed by atoms with Crippen molar-refractivity contribution < 1.29 is 14.4 Å². The van der Waals surface area contributed by atoms with Gasteiger partial charge >= 0.3 is 0 Å². The SMILES string of the molecule is O=C(NO)c1cc(F)c2c(c1)CCN([C@@H]1CCCC13CCC3)C2. The summed E-state index contributed by atoms with van der Waals surface area (Å²) >= 11 is 0. The summed E-state index contributed by atoms with van der Waals surface area (Å²) in [5, 5.41) is 8.73. The zero-order valence-electron chi connectivity index (χ0n) is 13.3. The highest BCUT2D eigenvalue weighted by atomic mass is 19.1. The number of carbonyl (C=O) groups excluding carboxylic acids is 1. The van der Waals surface area contributed by atoms with Gasteiger partial charge in [0.25, 0.3) is 5.91 Å². The first-order chi connectivity index (χ1) is 11.1. The number of nitrogens with zero attached hydrogens (tertiary/aromatic N) is 1. The van der Waals surface area contributed by atoms with E-state index in [9.17, 15) is 9.18 Å². The summed E-state index contributed by atoms with van der Waals surface area (Å²) in [6.07, 6.45) is 8.64. The van der Waals surface area contributed by atoms with E-state index in [1.807, 2.05) is 0 Å². The molecule has 0 bridgehead atoms. The molecule has 3 aliphatic rings. The number of benzene rings is 1. The summed E-state index contributed by atoms with van der Waals surface area (Å²) in [5.74, 6) is -0.982. The van der Waals surface area contributed by atoms with Crippen LogP contribution in [0.4, 0.5) is 4.39 Å². The van der Waals surface area contributed by atoms with Crippen molar-refractivity contribution in [2.24, 2.45) is 5.41 Å². The molecule has 1 spiro atoms. The van der Waals surface area contributed by atoms with Crippen molar-refractivity contribution in [1.29, 1.82) is 0 Å². The minimum Gasteiger partial charge on any atom is -0.295 e. The fourth-order valence-electron chi connectivity index (χ4n) is 5.01. The van der Waals surface area contributed by atoms with Crippen LogP contribution in [0.1, 0.15) is 60.0 Å². The van der Waals surface area contributed by atoms with E-state index < -0.39 is 5.91 Å². The van der Waals surface area contributed by atoms with Crippen LogP contribution in [0.25, 0.3) is 0 Å². The van der Waals surface area contributed by atoms with Crippen molar-refractivity contribution in [3.8, 4) is 0 Å². The van der Waals surface area contributed by atoms with E-state index in [0.29, 0.717) is 18.0 Å². The Labute approximate surface area is 135 Å². The zero-order chi connectivity index (χ0) is 16.0. The summed E-state index contributed by atoms with van der Waals surface area (Å²) in [7, 11) is 0. The molecule has 1 aromatic rings. The van der Waals surface area contributed by atoms with E-state index >= 15 is 0 Å². The van der Waals surface area contributed by atoms with E-state index in [-0.39, 0.29) is 11.4 Å². The number of carbonyl (C=O) groups is 1. The van der Waals surface area contributed by atoms with Crippen LogP contribution in [0.2, 0.25) is 0 Å². The van der Waals surface area contributed by atoms with Gasteiger partial charge in [-0.2, -0.15) is 0 Å². The molecule has 4 rings (SSSR count). The monoisotopic (exact) mass is 318 g/mol. The Hall–Kier alpha value is -1.46. The highest BCUT2D eigenvalue weighted by Crippen LogP contribution is 2.55. The normalized spacial score (nSPS) is 25.9. The number of hydrogen-bond acceptors (Lipinski definition) is 3. The number of rotatable bonds is 2. The maximum Gasteiger partial charge on any atom is 0.274 e. The van der Waals surface area contributed by atoms with Gasteiger partial charge in [-0.3, -0.25) is 14.9 Å². The van der Waals surface area contributed by atoms with E-state index in [4.69, 9.17) is 5.21 Å². The average molecular weight is 318 g/mol. The van der Waals surface area contributed by atoms with Crippen LogP contribution in [0.15, 0.2) is 12.1 Å². The van der Waals surface area contributed by atoms with E-state index in [0.717, 1.165) is 24.1 Å². The lowest BCUT2D eigenvalue weighted by atomic mass is 9.64. The molecule has 23 heavy (non-hydrogen) atoms. The van der Waals surface area contributed by atoms with Crippen molar-refractivity contribution in [1.82, 2.24) is 10.4 Å². The van der Waals surface area contributed by atoms with Crippen LogP contribution in [0.3, 0.4) is 0 Å². The molecule has 0 saturated heterocycles. The predicted molar refractivity (Wildman–Crippen MR) is 83.7 cm³/mol. The van der Waals surface area contributed by atoms with Crippen LogP contribution >= 0.6 is 0 Å². The minimum atomic E-state index is -0.654. The van der Waals surface area contributed by atoms with Gasteiger partial charge < -0.3 is 0 Å². The summed E-state index contributed by atoms with van der Waals surface area (Å²) in [4.78, 5) is 14.0. The van der Waals surface area contributed by atoms with E-state index in [1.165, 1.54) is 44.6 Å². The number of halogens is 1. The van der Waals surface area contributed by atoms with Crippen molar-refractivity contribution in [3.05, 3.63) is 34.6 Å². The minimum absolute atomic E-state index is 0.188. The Morgan fingerprint density at radius 2 is 2.09 bits per heavy atom. The molecule has 2 saturated carbocycles. The third-order valence-corrected chi connectivity index (χ3v) is 6.33. The first kappa shape index (κ1) is 15.1. The Bertz CT molecular complexity index is 642. The van der Waals surface area contributed by atoms with E-state index in [1.54, 1.807) is 11.5 Å². The first-order valence-corrected chi connectivity index (χ1v) is 8.63. The van der Waals surface area contributed by atoms with Gasteiger partial charge in [-0.15, -0.1) is 0 Å². The first-order valence-electron chi connectivity index (χ1n) is 8.63. The van der Waals surface area contributed by atoms with Crippen molar-refractivity contribution in [2.45, 2.75) is 57.5 Å². The molecule has 124 valence electrons. The second-order valence-electron chi connectivity index (χ2n) is 7.38. The molecule has 4 nitrogen and oxygen atoms in total. The second kappa shape index (κ2) is 5.56. The largest absolute Gasteiger partial charge is 0.295 e. The standard InChI is InChI=1S/C18H23FN2O2/c19-15-10-13(17(22)20-23)9-12-4-8-21(11-14(12)15)16-3-1-5-18(16)6-2-7-18/h9-10,16,23H,1-8,11H2,(H,20,22)/t16-/m1/s1. The molecular weight excluding hydrogens is 295 g/mol. The van der Waals surface area contributed by atoms with Gasteiger partial charge in [0.1, 0.15) is 5.82 Å². The third-order valence-electron chi connectivity index (χ3n) is 6.33. The van der Waals surface area contributed by atoms with Gasteiger partial charge in [0.2, 0.25) is 0 Å². The van der Waals surface area contributed by atoms with Crippen LogP contribution in [0, 0.1) is 11.2 Å². The van der Waals surface area contributed by atoms with Crippen LogP contribution in [-0.2, 0) is 13.0 Å². The lowest BCUT2D eigenvalue weighted by Gasteiger charge is -2.49. The molecular formula is C18H23FN2O2. The summed E-state index contributed by atoms with van der Waals surface area (Å²) in [5.41, 5.74) is 3.90. The summed E-state index contributed by atoms with van der Waals surface area (Å²) in [6.45, 7) is 1.58. The molecule has 0 radical (unpaired) electrons. The molecule has 5 heteroatoms. The maximum atomic E-state index is 14.5. The van der Waals surface area contributed by atoms with Crippen LogP contribution < -0.4 is 5.48 Å². The molecule has 0 aromatic heterocycles. The lowest BCUT2D eigenvalue weighted by molar-refractivity contribution is 0.0147. The molecule has 1 aromatic carbocycles. The highest BCUT2D eigenvalue weighted by molar-refractivity contribution is 5.93. The van der Waals surface area contributed by atoms with Gasteiger partial charge in [0.05, 0.1) is 0 Å². The Morgan fingerprint density at radius 1 is 1.30 bits per heavy atom. The second-order valence-corrected chi connectivity index (χ2v) is 7.38. The predicted octanol–water partition coefficient (Wildman–Crippen LogP) is 3.03. The fourth-order valence-corrected chi connectivity index (χ4v) is 5.01. The Balaban J connectivity index is 1.59. The number of amides is 1. The fraction of sp³-hybridized carbons (Fsp3) is 0.611. The smallest absolute Gasteiger partial charge is 0.274 e. The molecule has 1 heterocycles. The Kier molecular flexibility index (Phi) is 3.65. The molecule has 2 N–H and O–H groups in total. The molecule has 2 aliphatic carbocycles. The number of hydroxylamine groups is 1. The summed E-state index contributed by atoms with van der Waals surface area (Å²) < 4.78 is 14.5. The maximum absolute atomic E-state index is 14.5. The zero-order valence-corrected chi connectivity index (χ0v) is 13.3. The average Bonchev–Trinajstić information content (AvgIpc) is 2.99. The number of hydrogen-bond donors (Lipinski definition) is 2. The molecule has 1 aliphatic heterocycles. The van der Waals surface area contributed by atoms with Crippen molar-refractivity contribution in [3.63, 3.8) is 0 Å². The molecule has 1 atom stereocenters. The van der Waals surface area contributed by atoms with Gasteiger partial charge in [0, 0.05) is 30.3 Å². The molecule has 1 amide bonds. The van der Waals surface area contributed by atoms with Crippen molar-refractivity contribution >= 4 is 5.91 Å². The van der Waals surface area contributed by atoms with Crippen LogP contribution in [0.5, 0.6) is 0 Å².